The smallest absolute Gasteiger partial charge is 0.408 e. The van der Waals surface area contributed by atoms with Gasteiger partial charge in [0, 0.05) is 34.4 Å². The van der Waals surface area contributed by atoms with E-state index in [0.29, 0.717) is 0 Å². The summed E-state index contributed by atoms with van der Waals surface area (Å²) in [5.74, 6) is 0. The molecule has 2 N–H and O–H groups in total. The Morgan fingerprint density at radius 3 is 2.74 bits per heavy atom. The van der Waals surface area contributed by atoms with Crippen LogP contribution in [-0.4, -0.2) is 21.7 Å². The SMILES string of the molecule is C=C1c2cnccc2C(C)(NC(=O)OC(C)(C)C)c2[nH]c3ccccc3c21. The summed E-state index contributed by atoms with van der Waals surface area (Å²) in [5.41, 5.74) is 4.29. The van der Waals surface area contributed by atoms with Crippen LogP contribution in [0.5, 0.6) is 0 Å². The lowest BCUT2D eigenvalue weighted by atomic mass is 9.75. The highest BCUT2D eigenvalue weighted by Crippen LogP contribution is 2.46. The second kappa shape index (κ2) is 5.71. The summed E-state index contributed by atoms with van der Waals surface area (Å²) in [4.78, 5) is 20.4. The van der Waals surface area contributed by atoms with Gasteiger partial charge in [-0.1, -0.05) is 24.8 Å². The van der Waals surface area contributed by atoms with Crippen LogP contribution < -0.4 is 5.32 Å². The molecule has 5 nitrogen and oxygen atoms in total. The molecule has 0 fully saturated rings. The number of nitrogens with zero attached hydrogens (tertiary/aromatic N) is 1. The largest absolute Gasteiger partial charge is 0.444 e. The summed E-state index contributed by atoms with van der Waals surface area (Å²) in [6.45, 7) is 11.9. The number of benzene rings is 1. The van der Waals surface area contributed by atoms with Crippen LogP contribution in [-0.2, 0) is 10.3 Å². The third-order valence-electron chi connectivity index (χ3n) is 4.94. The third-order valence-corrected chi connectivity index (χ3v) is 4.94. The molecule has 2 heterocycles. The molecule has 3 aromatic rings. The zero-order valence-electron chi connectivity index (χ0n) is 16.0. The first-order chi connectivity index (χ1) is 12.7. The number of nitrogens with one attached hydrogen (secondary N) is 2. The normalized spacial score (nSPS) is 18.7. The topological polar surface area (TPSA) is 67.0 Å². The highest BCUT2D eigenvalue weighted by atomic mass is 16.6. The Balaban J connectivity index is 1.93. The van der Waals surface area contributed by atoms with Gasteiger partial charge >= 0.3 is 6.09 Å². The molecule has 2 aromatic heterocycles. The Labute approximate surface area is 158 Å². The van der Waals surface area contributed by atoms with Crippen molar-refractivity contribution < 1.29 is 9.53 Å². The van der Waals surface area contributed by atoms with E-state index in [-0.39, 0.29) is 0 Å². The van der Waals surface area contributed by atoms with Crippen LogP contribution in [0, 0.1) is 0 Å². The fraction of sp³-hybridized carbons (Fsp3) is 0.273. The Hall–Kier alpha value is -3.08. The molecule has 1 aromatic carbocycles. The maximum atomic E-state index is 12.7. The lowest BCUT2D eigenvalue weighted by Gasteiger charge is -2.37. The molecular weight excluding hydrogens is 338 g/mol. The van der Waals surface area contributed by atoms with E-state index in [9.17, 15) is 4.79 Å². The van der Waals surface area contributed by atoms with E-state index in [1.54, 1.807) is 12.4 Å². The maximum Gasteiger partial charge on any atom is 0.408 e. The monoisotopic (exact) mass is 361 g/mol. The number of ether oxygens (including phenoxy) is 1. The van der Waals surface area contributed by atoms with E-state index in [0.717, 1.165) is 38.9 Å². The van der Waals surface area contributed by atoms with Gasteiger partial charge in [-0.3, -0.25) is 4.98 Å². The quantitative estimate of drug-likeness (QED) is 0.659. The molecule has 1 aliphatic carbocycles. The van der Waals surface area contributed by atoms with Gasteiger partial charge in [0.1, 0.15) is 11.1 Å². The van der Waals surface area contributed by atoms with E-state index in [2.05, 4.69) is 27.9 Å². The molecule has 0 radical (unpaired) electrons. The zero-order valence-corrected chi connectivity index (χ0v) is 16.0. The van der Waals surface area contributed by atoms with Crippen molar-refractivity contribution in [2.24, 2.45) is 0 Å². The van der Waals surface area contributed by atoms with E-state index < -0.39 is 17.2 Å². The van der Waals surface area contributed by atoms with Crippen molar-refractivity contribution in [3.63, 3.8) is 0 Å². The highest BCUT2D eigenvalue weighted by molar-refractivity contribution is 6.01. The minimum atomic E-state index is -0.795. The van der Waals surface area contributed by atoms with E-state index in [1.165, 1.54) is 0 Å². The molecule has 0 aliphatic heterocycles. The molecule has 1 aliphatic rings. The number of aromatic amines is 1. The molecule has 0 spiro atoms. The molecule has 5 heteroatoms. The number of alkyl carbamates (subject to hydrolysis) is 1. The molecule has 1 unspecified atom stereocenters. The Kier molecular flexibility index (Phi) is 3.67. The fourth-order valence-electron chi connectivity index (χ4n) is 3.81. The van der Waals surface area contributed by atoms with Gasteiger partial charge in [0.15, 0.2) is 0 Å². The number of hydrogen-bond donors (Lipinski definition) is 2. The van der Waals surface area contributed by atoms with Crippen molar-refractivity contribution >= 4 is 22.6 Å². The van der Waals surface area contributed by atoms with E-state index in [1.807, 2.05) is 52.0 Å². The standard InChI is InChI=1S/C22H23N3O2/c1-13-15-12-23-11-10-16(15)22(5,25-20(26)27-21(2,3)4)19-18(13)14-8-6-7-9-17(14)24-19/h6-12,24H,1H2,2-5H3,(H,25,26). The van der Waals surface area contributed by atoms with Gasteiger partial charge in [-0.2, -0.15) is 0 Å². The number of fused-ring (bicyclic) bond motifs is 4. The number of pyridine rings is 1. The van der Waals surface area contributed by atoms with Crippen LogP contribution in [0.25, 0.3) is 16.5 Å². The minimum absolute atomic E-state index is 0.468. The van der Waals surface area contributed by atoms with Crippen LogP contribution in [0.4, 0.5) is 4.79 Å². The fourth-order valence-corrected chi connectivity index (χ4v) is 3.81. The molecule has 1 atom stereocenters. The molecule has 0 bridgehead atoms. The van der Waals surface area contributed by atoms with Crippen LogP contribution >= 0.6 is 0 Å². The third kappa shape index (κ3) is 2.70. The second-order valence-corrected chi connectivity index (χ2v) is 8.07. The average Bonchev–Trinajstić information content (AvgIpc) is 2.99. The van der Waals surface area contributed by atoms with Crippen LogP contribution in [0.3, 0.4) is 0 Å². The number of rotatable bonds is 1. The van der Waals surface area contributed by atoms with E-state index in [4.69, 9.17) is 4.74 Å². The van der Waals surface area contributed by atoms with Crippen molar-refractivity contribution in [2.45, 2.75) is 38.8 Å². The van der Waals surface area contributed by atoms with Gasteiger partial charge in [-0.25, -0.2) is 4.79 Å². The summed E-state index contributed by atoms with van der Waals surface area (Å²) in [6.07, 6.45) is 3.07. The predicted molar refractivity (Wildman–Crippen MR) is 106 cm³/mol. The maximum absolute atomic E-state index is 12.7. The van der Waals surface area contributed by atoms with E-state index >= 15 is 0 Å². The Morgan fingerprint density at radius 2 is 2.00 bits per heavy atom. The van der Waals surface area contributed by atoms with Crippen molar-refractivity contribution in [3.8, 4) is 0 Å². The number of amides is 1. The van der Waals surface area contributed by atoms with Gasteiger partial charge < -0.3 is 15.0 Å². The number of aromatic nitrogens is 2. The zero-order chi connectivity index (χ0) is 19.4. The van der Waals surface area contributed by atoms with Gasteiger partial charge in [0.25, 0.3) is 0 Å². The van der Waals surface area contributed by atoms with Gasteiger partial charge in [-0.15, -0.1) is 0 Å². The summed E-state index contributed by atoms with van der Waals surface area (Å²) in [5, 5.41) is 4.16. The first-order valence-electron chi connectivity index (χ1n) is 8.97. The number of para-hydroxylation sites is 1. The van der Waals surface area contributed by atoms with Crippen molar-refractivity contribution in [2.75, 3.05) is 0 Å². The van der Waals surface area contributed by atoms with Crippen LogP contribution in [0.15, 0.2) is 49.3 Å². The number of carbonyl (C=O) groups is 1. The summed E-state index contributed by atoms with van der Waals surface area (Å²) >= 11 is 0. The molecule has 138 valence electrons. The highest BCUT2D eigenvalue weighted by Gasteiger charge is 2.42. The second-order valence-electron chi connectivity index (χ2n) is 8.07. The molecule has 1 amide bonds. The molecule has 0 saturated heterocycles. The first kappa shape index (κ1) is 17.3. The van der Waals surface area contributed by atoms with Crippen molar-refractivity contribution in [1.82, 2.24) is 15.3 Å². The minimum Gasteiger partial charge on any atom is -0.444 e. The Morgan fingerprint density at radius 1 is 1.26 bits per heavy atom. The van der Waals surface area contributed by atoms with Gasteiger partial charge in [0.05, 0.1) is 5.69 Å². The molecule has 4 rings (SSSR count). The van der Waals surface area contributed by atoms with Gasteiger partial charge in [-0.05, 0) is 51.0 Å². The molecule has 0 saturated carbocycles. The first-order valence-corrected chi connectivity index (χ1v) is 8.97. The van der Waals surface area contributed by atoms with Crippen LogP contribution in [0.2, 0.25) is 0 Å². The van der Waals surface area contributed by atoms with Crippen LogP contribution in [0.1, 0.15) is 50.1 Å². The summed E-state index contributed by atoms with van der Waals surface area (Å²) in [6, 6.07) is 10.00. The predicted octanol–water partition coefficient (Wildman–Crippen LogP) is 4.73. The molecular formula is C22H23N3O2. The lowest BCUT2D eigenvalue weighted by Crippen LogP contribution is -2.48. The van der Waals surface area contributed by atoms with Gasteiger partial charge in [0.2, 0.25) is 0 Å². The number of carbonyl (C=O) groups excluding carboxylic acids is 1. The Bertz CT molecular complexity index is 1070. The van der Waals surface area contributed by atoms with Crippen molar-refractivity contribution in [3.05, 3.63) is 71.7 Å². The van der Waals surface area contributed by atoms with Crippen molar-refractivity contribution in [1.29, 1.82) is 0 Å². The number of H-pyrrole nitrogens is 1. The summed E-state index contributed by atoms with van der Waals surface area (Å²) in [7, 11) is 0. The lowest BCUT2D eigenvalue weighted by molar-refractivity contribution is 0.0477. The summed E-state index contributed by atoms with van der Waals surface area (Å²) < 4.78 is 5.53. The average molecular weight is 361 g/mol. The molecule has 27 heavy (non-hydrogen) atoms. The number of hydrogen-bond acceptors (Lipinski definition) is 3.